The van der Waals surface area contributed by atoms with Gasteiger partial charge in [-0.05, 0) is 0 Å². The second-order valence-electron chi connectivity index (χ2n) is 3.39. The first kappa shape index (κ1) is 13.0. The van der Waals surface area contributed by atoms with E-state index in [0.29, 0.717) is 10.9 Å². The molecule has 0 aliphatic rings. The van der Waals surface area contributed by atoms with Crippen molar-refractivity contribution in [3.05, 3.63) is 22.0 Å². The van der Waals surface area contributed by atoms with Crippen LogP contribution in [0.3, 0.4) is 0 Å². The minimum Gasteiger partial charge on any atom is -0.481 e. The largest absolute Gasteiger partial charge is 0.481 e. The fourth-order valence-corrected chi connectivity index (χ4v) is 1.23. The molecular weight excluding hydrogens is 240 g/mol. The van der Waals surface area contributed by atoms with Crippen molar-refractivity contribution in [3.8, 4) is 0 Å². The van der Waals surface area contributed by atoms with Crippen LogP contribution in [-0.2, 0) is 11.3 Å². The number of carboxylic acids is 1. The summed E-state index contributed by atoms with van der Waals surface area (Å²) >= 11 is 0. The molecule has 0 fully saturated rings. The van der Waals surface area contributed by atoms with Crippen LogP contribution in [0.15, 0.2) is 6.20 Å². The molecule has 9 heteroatoms. The van der Waals surface area contributed by atoms with E-state index in [4.69, 9.17) is 5.11 Å². The summed E-state index contributed by atoms with van der Waals surface area (Å²) in [5, 5.41) is 22.5. The fourth-order valence-electron chi connectivity index (χ4n) is 1.23. The van der Waals surface area contributed by atoms with Gasteiger partial charge in [-0.2, -0.15) is 5.10 Å². The molecule has 1 heterocycles. The first-order chi connectivity index (χ1) is 7.84. The maximum Gasteiger partial charge on any atom is 0.316 e. The smallest absolute Gasteiger partial charge is 0.316 e. The van der Waals surface area contributed by atoms with Gasteiger partial charge in [0.25, 0.3) is 6.43 Å². The van der Waals surface area contributed by atoms with Gasteiger partial charge in [0.15, 0.2) is 5.69 Å². The molecule has 1 aromatic rings. The molecule has 1 aromatic heterocycles. The molecular formula is C8H9F2N3O4. The number of hydrogen-bond acceptors (Lipinski definition) is 4. The van der Waals surface area contributed by atoms with E-state index in [1.54, 1.807) is 0 Å². The molecule has 7 nitrogen and oxygen atoms in total. The molecule has 0 aromatic carbocycles. The van der Waals surface area contributed by atoms with E-state index in [2.05, 4.69) is 5.10 Å². The van der Waals surface area contributed by atoms with E-state index in [1.807, 2.05) is 0 Å². The number of hydrogen-bond donors (Lipinski definition) is 1. The predicted octanol–water partition coefficient (Wildman–Crippen LogP) is 1.45. The van der Waals surface area contributed by atoms with Crippen molar-refractivity contribution < 1.29 is 23.6 Å². The molecule has 0 aliphatic carbocycles. The van der Waals surface area contributed by atoms with Crippen molar-refractivity contribution in [2.75, 3.05) is 0 Å². The van der Waals surface area contributed by atoms with Crippen molar-refractivity contribution in [1.29, 1.82) is 0 Å². The van der Waals surface area contributed by atoms with Gasteiger partial charge in [0.05, 0.1) is 17.4 Å². The highest BCUT2D eigenvalue weighted by Gasteiger charge is 2.29. The van der Waals surface area contributed by atoms with E-state index >= 15 is 0 Å². The zero-order valence-electron chi connectivity index (χ0n) is 8.71. The van der Waals surface area contributed by atoms with Crippen LogP contribution in [0.5, 0.6) is 0 Å². The minimum atomic E-state index is -3.08. The van der Waals surface area contributed by atoms with Crippen LogP contribution in [-0.4, -0.2) is 25.8 Å². The van der Waals surface area contributed by atoms with E-state index in [0.717, 1.165) is 0 Å². The second kappa shape index (κ2) is 4.85. The van der Waals surface area contributed by atoms with Gasteiger partial charge in [0.1, 0.15) is 6.20 Å². The predicted molar refractivity (Wildman–Crippen MR) is 50.6 cm³/mol. The van der Waals surface area contributed by atoms with Crippen molar-refractivity contribution in [3.63, 3.8) is 0 Å². The van der Waals surface area contributed by atoms with E-state index < -0.39 is 34.6 Å². The molecule has 94 valence electrons. The lowest BCUT2D eigenvalue weighted by Gasteiger charge is -2.09. The zero-order valence-corrected chi connectivity index (χ0v) is 8.71. The van der Waals surface area contributed by atoms with E-state index in [9.17, 15) is 23.7 Å². The highest BCUT2D eigenvalue weighted by atomic mass is 19.3. The Bertz CT molecular complexity index is 446. The number of nitro groups is 1. The highest BCUT2D eigenvalue weighted by molar-refractivity contribution is 5.69. The van der Waals surface area contributed by atoms with Crippen LogP contribution in [0.4, 0.5) is 14.5 Å². The van der Waals surface area contributed by atoms with Gasteiger partial charge < -0.3 is 5.11 Å². The normalized spacial score (nSPS) is 12.7. The summed E-state index contributed by atoms with van der Waals surface area (Å²) in [6.45, 7) is 0.952. The average Bonchev–Trinajstić information content (AvgIpc) is 2.61. The molecule has 0 aliphatic heterocycles. The summed E-state index contributed by atoms with van der Waals surface area (Å²) in [6, 6.07) is 0. The van der Waals surface area contributed by atoms with Gasteiger partial charge in [-0.25, -0.2) is 8.78 Å². The Hall–Kier alpha value is -2.06. The quantitative estimate of drug-likeness (QED) is 0.629. The van der Waals surface area contributed by atoms with Gasteiger partial charge in [-0.3, -0.25) is 19.6 Å². The number of aromatic nitrogens is 2. The summed E-state index contributed by atoms with van der Waals surface area (Å²) in [6.07, 6.45) is -2.39. The third-order valence-electron chi connectivity index (χ3n) is 2.13. The van der Waals surface area contributed by atoms with Crippen molar-refractivity contribution in [2.24, 2.45) is 5.92 Å². The molecule has 1 atom stereocenters. The van der Waals surface area contributed by atoms with Crippen LogP contribution >= 0.6 is 0 Å². The molecule has 0 saturated carbocycles. The number of rotatable bonds is 5. The van der Waals surface area contributed by atoms with Gasteiger partial charge in [0, 0.05) is 0 Å². The second-order valence-corrected chi connectivity index (χ2v) is 3.39. The lowest BCUT2D eigenvalue weighted by Crippen LogP contribution is -2.19. The van der Waals surface area contributed by atoms with Crippen LogP contribution in [0.2, 0.25) is 0 Å². The standard InChI is InChI=1S/C8H9F2N3O4/c1-4(8(14)15)3-12-6(7(9)10)5(2-11-12)13(16)17/h2,4,7H,3H2,1H3,(H,14,15)/t4-/m1/s1. The maximum atomic E-state index is 12.6. The SMILES string of the molecule is C[C@H](Cn1ncc([N+](=O)[O-])c1C(F)F)C(=O)O. The molecule has 1 rings (SSSR count). The fraction of sp³-hybridized carbons (Fsp3) is 0.500. The molecule has 0 radical (unpaired) electrons. The van der Waals surface area contributed by atoms with Crippen LogP contribution in [0, 0.1) is 16.0 Å². The summed E-state index contributed by atoms with van der Waals surface area (Å²) in [4.78, 5) is 20.0. The van der Waals surface area contributed by atoms with E-state index in [-0.39, 0.29) is 6.54 Å². The molecule has 0 spiro atoms. The molecule has 0 unspecified atom stereocenters. The summed E-state index contributed by atoms with van der Waals surface area (Å²) < 4.78 is 25.9. The van der Waals surface area contributed by atoms with Gasteiger partial charge in [-0.15, -0.1) is 0 Å². The zero-order chi connectivity index (χ0) is 13.2. The number of aliphatic carboxylic acids is 1. The molecule has 0 saturated heterocycles. The lowest BCUT2D eigenvalue weighted by molar-refractivity contribution is -0.386. The lowest BCUT2D eigenvalue weighted by atomic mass is 10.2. The third kappa shape index (κ3) is 2.74. The highest BCUT2D eigenvalue weighted by Crippen LogP contribution is 2.28. The van der Waals surface area contributed by atoms with E-state index in [1.165, 1.54) is 6.92 Å². The number of carboxylic acid groups (broad SMARTS) is 1. The Labute approximate surface area is 93.8 Å². The summed E-state index contributed by atoms with van der Waals surface area (Å²) in [7, 11) is 0. The first-order valence-electron chi connectivity index (χ1n) is 4.55. The topological polar surface area (TPSA) is 98.3 Å². The molecule has 0 amide bonds. The monoisotopic (exact) mass is 249 g/mol. The number of alkyl halides is 2. The van der Waals surface area contributed by atoms with Gasteiger partial charge >= 0.3 is 11.7 Å². The van der Waals surface area contributed by atoms with Crippen LogP contribution < -0.4 is 0 Å². The number of carbonyl (C=O) groups is 1. The van der Waals surface area contributed by atoms with Crippen LogP contribution in [0.1, 0.15) is 19.0 Å². The Balaban J connectivity index is 3.08. The summed E-state index contributed by atoms with van der Waals surface area (Å²) in [5.41, 5.74) is -1.68. The Morgan fingerprint density at radius 3 is 2.71 bits per heavy atom. The first-order valence-corrected chi connectivity index (χ1v) is 4.55. The maximum absolute atomic E-state index is 12.6. The van der Waals surface area contributed by atoms with Crippen molar-refractivity contribution in [2.45, 2.75) is 19.9 Å². The molecule has 0 bridgehead atoms. The molecule has 17 heavy (non-hydrogen) atoms. The molecule has 1 N–H and O–H groups in total. The Kier molecular flexibility index (Phi) is 3.71. The van der Waals surface area contributed by atoms with Gasteiger partial charge in [-0.1, -0.05) is 6.92 Å². The van der Waals surface area contributed by atoms with Crippen LogP contribution in [0.25, 0.3) is 0 Å². The number of nitrogens with zero attached hydrogens (tertiary/aromatic N) is 3. The average molecular weight is 249 g/mol. The number of halogens is 2. The van der Waals surface area contributed by atoms with Crippen molar-refractivity contribution >= 4 is 11.7 Å². The minimum absolute atomic E-state index is 0.344. The van der Waals surface area contributed by atoms with Gasteiger partial charge in [0.2, 0.25) is 0 Å². The summed E-state index contributed by atoms with van der Waals surface area (Å²) in [5.74, 6) is -2.16. The van der Waals surface area contributed by atoms with Crippen molar-refractivity contribution in [1.82, 2.24) is 9.78 Å². The third-order valence-corrected chi connectivity index (χ3v) is 2.13. The Morgan fingerprint density at radius 1 is 1.71 bits per heavy atom. The Morgan fingerprint density at radius 2 is 2.29 bits per heavy atom.